The molecule has 0 spiro atoms. The standard InChI is InChI=1S/C14H20N2/c15-13(9-10-5-7-16-8-6-10)14-11-3-1-2-4-12(11)14/h5-8,11-14H,1-4,9,15H2. The van der Waals surface area contributed by atoms with Crippen LogP contribution < -0.4 is 5.73 Å². The minimum absolute atomic E-state index is 0.371. The number of nitrogens with zero attached hydrogens (tertiary/aromatic N) is 1. The molecule has 2 saturated carbocycles. The average Bonchev–Trinajstić information content (AvgIpc) is 3.04. The van der Waals surface area contributed by atoms with Crippen molar-refractivity contribution in [3.8, 4) is 0 Å². The van der Waals surface area contributed by atoms with E-state index in [-0.39, 0.29) is 0 Å². The van der Waals surface area contributed by atoms with Crippen LogP contribution in [0, 0.1) is 17.8 Å². The van der Waals surface area contributed by atoms with E-state index >= 15 is 0 Å². The third-order valence-electron chi connectivity index (χ3n) is 4.44. The Bertz CT molecular complexity index is 337. The summed E-state index contributed by atoms with van der Waals surface area (Å²) in [5.41, 5.74) is 7.69. The third kappa shape index (κ3) is 1.86. The first-order valence-corrected chi connectivity index (χ1v) is 6.51. The predicted molar refractivity (Wildman–Crippen MR) is 64.9 cm³/mol. The van der Waals surface area contributed by atoms with E-state index in [0.29, 0.717) is 6.04 Å². The van der Waals surface area contributed by atoms with Crippen molar-refractivity contribution >= 4 is 0 Å². The molecular formula is C14H20N2. The summed E-state index contributed by atoms with van der Waals surface area (Å²) in [6.07, 6.45) is 10.5. The fourth-order valence-corrected chi connectivity index (χ4v) is 3.61. The van der Waals surface area contributed by atoms with Crippen molar-refractivity contribution in [3.05, 3.63) is 30.1 Å². The molecule has 0 bridgehead atoms. The van der Waals surface area contributed by atoms with Crippen LogP contribution in [0.2, 0.25) is 0 Å². The largest absolute Gasteiger partial charge is 0.327 e. The smallest absolute Gasteiger partial charge is 0.0270 e. The van der Waals surface area contributed by atoms with Gasteiger partial charge in [0.2, 0.25) is 0 Å². The summed E-state index contributed by atoms with van der Waals surface area (Å²) in [4.78, 5) is 4.04. The Labute approximate surface area is 97.3 Å². The summed E-state index contributed by atoms with van der Waals surface area (Å²) in [5, 5.41) is 0. The number of hydrogen-bond acceptors (Lipinski definition) is 2. The quantitative estimate of drug-likeness (QED) is 0.842. The molecule has 2 N–H and O–H groups in total. The lowest BCUT2D eigenvalue weighted by atomic mass is 10.0. The van der Waals surface area contributed by atoms with Crippen LogP contribution in [0.15, 0.2) is 24.5 Å². The fourth-order valence-electron chi connectivity index (χ4n) is 3.61. The van der Waals surface area contributed by atoms with Crippen molar-refractivity contribution in [1.29, 1.82) is 0 Å². The van der Waals surface area contributed by atoms with Gasteiger partial charge in [0, 0.05) is 18.4 Å². The monoisotopic (exact) mass is 216 g/mol. The highest BCUT2D eigenvalue weighted by Gasteiger charge is 2.52. The summed E-state index contributed by atoms with van der Waals surface area (Å²) in [6.45, 7) is 0. The molecule has 2 fully saturated rings. The summed E-state index contributed by atoms with van der Waals surface area (Å²) in [6, 6.07) is 4.55. The molecule has 86 valence electrons. The molecule has 2 aliphatic rings. The molecule has 0 aliphatic heterocycles. The molecule has 0 amide bonds. The number of pyridine rings is 1. The summed E-state index contributed by atoms with van der Waals surface area (Å²) < 4.78 is 0. The van der Waals surface area contributed by atoms with E-state index in [4.69, 9.17) is 5.73 Å². The molecule has 1 aromatic rings. The lowest BCUT2D eigenvalue weighted by Gasteiger charge is -2.11. The number of hydrogen-bond donors (Lipinski definition) is 1. The Hall–Kier alpha value is -0.890. The maximum absolute atomic E-state index is 6.35. The topological polar surface area (TPSA) is 38.9 Å². The first-order valence-electron chi connectivity index (χ1n) is 6.51. The molecule has 1 aromatic heterocycles. The molecule has 2 nitrogen and oxygen atoms in total. The second-order valence-electron chi connectivity index (χ2n) is 5.41. The zero-order valence-electron chi connectivity index (χ0n) is 9.68. The lowest BCUT2D eigenvalue weighted by Crippen LogP contribution is -2.26. The molecular weight excluding hydrogens is 196 g/mol. The van der Waals surface area contributed by atoms with Crippen LogP contribution in [0.1, 0.15) is 31.2 Å². The Kier molecular flexibility index (Phi) is 2.68. The van der Waals surface area contributed by atoms with Gasteiger partial charge in [-0.15, -0.1) is 0 Å². The number of nitrogens with two attached hydrogens (primary N) is 1. The molecule has 3 rings (SSSR count). The van der Waals surface area contributed by atoms with Crippen molar-refractivity contribution in [2.45, 2.75) is 38.1 Å². The van der Waals surface area contributed by atoms with Crippen molar-refractivity contribution in [1.82, 2.24) is 4.98 Å². The highest BCUT2D eigenvalue weighted by Crippen LogP contribution is 2.56. The number of aromatic nitrogens is 1. The van der Waals surface area contributed by atoms with E-state index < -0.39 is 0 Å². The van der Waals surface area contributed by atoms with Gasteiger partial charge < -0.3 is 5.73 Å². The molecule has 16 heavy (non-hydrogen) atoms. The molecule has 0 radical (unpaired) electrons. The van der Waals surface area contributed by atoms with Gasteiger partial charge in [0.1, 0.15) is 0 Å². The van der Waals surface area contributed by atoms with Gasteiger partial charge in [-0.3, -0.25) is 4.98 Å². The van der Waals surface area contributed by atoms with Gasteiger partial charge in [0.15, 0.2) is 0 Å². The van der Waals surface area contributed by atoms with Crippen molar-refractivity contribution in [2.24, 2.45) is 23.5 Å². The zero-order valence-corrected chi connectivity index (χ0v) is 9.68. The number of fused-ring (bicyclic) bond motifs is 1. The normalized spacial score (nSPS) is 34.2. The molecule has 2 aliphatic carbocycles. The molecule has 1 heterocycles. The van der Waals surface area contributed by atoms with Crippen LogP contribution in [-0.2, 0) is 6.42 Å². The highest BCUT2D eigenvalue weighted by atomic mass is 14.7. The molecule has 2 heteroatoms. The zero-order chi connectivity index (χ0) is 11.0. The Balaban J connectivity index is 1.60. The van der Waals surface area contributed by atoms with Crippen molar-refractivity contribution in [3.63, 3.8) is 0 Å². The van der Waals surface area contributed by atoms with E-state index in [1.54, 1.807) is 0 Å². The average molecular weight is 216 g/mol. The maximum atomic E-state index is 6.35. The van der Waals surface area contributed by atoms with Gasteiger partial charge in [-0.1, -0.05) is 12.8 Å². The van der Waals surface area contributed by atoms with E-state index in [9.17, 15) is 0 Å². The van der Waals surface area contributed by atoms with Gasteiger partial charge in [0.05, 0.1) is 0 Å². The van der Waals surface area contributed by atoms with Crippen molar-refractivity contribution < 1.29 is 0 Å². The first-order chi connectivity index (χ1) is 7.86. The Morgan fingerprint density at radius 3 is 2.44 bits per heavy atom. The summed E-state index contributed by atoms with van der Waals surface area (Å²) in [7, 11) is 0. The van der Waals surface area contributed by atoms with Crippen LogP contribution in [-0.4, -0.2) is 11.0 Å². The molecule has 0 aromatic carbocycles. The minimum atomic E-state index is 0.371. The van der Waals surface area contributed by atoms with Gasteiger partial charge in [-0.05, 0) is 54.7 Å². The highest BCUT2D eigenvalue weighted by molar-refractivity contribution is 5.14. The first kappa shape index (κ1) is 10.3. The minimum Gasteiger partial charge on any atom is -0.327 e. The summed E-state index contributed by atoms with van der Waals surface area (Å²) in [5.74, 6) is 2.74. The van der Waals surface area contributed by atoms with E-state index in [1.807, 2.05) is 12.4 Å². The lowest BCUT2D eigenvalue weighted by molar-refractivity contribution is 0.480. The number of rotatable bonds is 3. The second-order valence-corrected chi connectivity index (χ2v) is 5.41. The predicted octanol–water partition coefficient (Wildman–Crippen LogP) is 2.39. The van der Waals surface area contributed by atoms with Crippen LogP contribution >= 0.6 is 0 Å². The van der Waals surface area contributed by atoms with Crippen LogP contribution in [0.3, 0.4) is 0 Å². The van der Waals surface area contributed by atoms with Crippen LogP contribution in [0.5, 0.6) is 0 Å². The second kappa shape index (κ2) is 4.17. The van der Waals surface area contributed by atoms with Crippen LogP contribution in [0.4, 0.5) is 0 Å². The Morgan fingerprint density at radius 1 is 1.19 bits per heavy atom. The maximum Gasteiger partial charge on any atom is 0.0270 e. The van der Waals surface area contributed by atoms with Gasteiger partial charge in [0.25, 0.3) is 0 Å². The third-order valence-corrected chi connectivity index (χ3v) is 4.44. The molecule has 3 unspecified atom stereocenters. The van der Waals surface area contributed by atoms with Gasteiger partial charge in [-0.25, -0.2) is 0 Å². The van der Waals surface area contributed by atoms with Crippen LogP contribution in [0.25, 0.3) is 0 Å². The molecule has 0 saturated heterocycles. The van der Waals surface area contributed by atoms with Gasteiger partial charge >= 0.3 is 0 Å². The van der Waals surface area contributed by atoms with E-state index in [0.717, 1.165) is 24.2 Å². The molecule has 3 atom stereocenters. The SMILES string of the molecule is NC(Cc1ccncc1)C1C2CCCCC21. The summed E-state index contributed by atoms with van der Waals surface area (Å²) >= 11 is 0. The van der Waals surface area contributed by atoms with Gasteiger partial charge in [-0.2, -0.15) is 0 Å². The van der Waals surface area contributed by atoms with E-state index in [1.165, 1.54) is 31.2 Å². The Morgan fingerprint density at radius 2 is 1.81 bits per heavy atom. The van der Waals surface area contributed by atoms with Crippen molar-refractivity contribution in [2.75, 3.05) is 0 Å². The van der Waals surface area contributed by atoms with E-state index in [2.05, 4.69) is 17.1 Å². The fraction of sp³-hybridized carbons (Fsp3) is 0.643.